The molecule has 0 radical (unpaired) electrons. The van der Waals surface area contributed by atoms with Crippen LogP contribution in [0.2, 0.25) is 0 Å². The summed E-state index contributed by atoms with van der Waals surface area (Å²) in [6.07, 6.45) is 2.29. The molecule has 1 fully saturated rings. The maximum absolute atomic E-state index is 9.59. The Hall–Kier alpha value is -1.16. The number of hydrogen-bond acceptors (Lipinski definition) is 2. The Morgan fingerprint density at radius 2 is 1.71 bits per heavy atom. The molecule has 2 aromatic rings. The van der Waals surface area contributed by atoms with Gasteiger partial charge in [0.1, 0.15) is 0 Å². The quantitative estimate of drug-likeness (QED) is 0.857. The van der Waals surface area contributed by atoms with E-state index in [0.29, 0.717) is 12.0 Å². The first kappa shape index (κ1) is 14.8. The van der Waals surface area contributed by atoms with Crippen molar-refractivity contribution in [2.75, 3.05) is 6.61 Å². The Morgan fingerprint density at radius 1 is 1.05 bits per heavy atom. The predicted octanol–water partition coefficient (Wildman–Crippen LogP) is 4.02. The van der Waals surface area contributed by atoms with E-state index < -0.39 is 0 Å². The van der Waals surface area contributed by atoms with Crippen LogP contribution in [0, 0.1) is 0 Å². The molecule has 0 saturated heterocycles. The number of halogens is 1. The molecular weight excluding hydrogens is 326 g/mol. The van der Waals surface area contributed by atoms with Gasteiger partial charge in [0.15, 0.2) is 0 Å². The van der Waals surface area contributed by atoms with Gasteiger partial charge in [-0.05, 0) is 42.0 Å². The van der Waals surface area contributed by atoms with E-state index in [9.17, 15) is 5.11 Å². The third-order valence-electron chi connectivity index (χ3n) is 4.30. The Balaban J connectivity index is 1.55. The van der Waals surface area contributed by atoms with Crippen molar-refractivity contribution < 1.29 is 5.11 Å². The van der Waals surface area contributed by atoms with Crippen molar-refractivity contribution >= 4 is 15.9 Å². The fourth-order valence-electron chi connectivity index (χ4n) is 2.99. The molecule has 0 bridgehead atoms. The van der Waals surface area contributed by atoms with Crippen LogP contribution in [0.3, 0.4) is 0 Å². The topological polar surface area (TPSA) is 32.3 Å². The highest BCUT2D eigenvalue weighted by atomic mass is 79.9. The fraction of sp³-hybridized carbons (Fsp3) is 0.333. The first-order valence-corrected chi connectivity index (χ1v) is 8.23. The smallest absolute Gasteiger partial charge is 0.0626 e. The van der Waals surface area contributed by atoms with E-state index in [0.717, 1.165) is 22.9 Å². The molecule has 1 aliphatic carbocycles. The lowest BCUT2D eigenvalue weighted by molar-refractivity contribution is 0.197. The second kappa shape index (κ2) is 6.73. The maximum Gasteiger partial charge on any atom is 0.0626 e. The molecule has 0 heterocycles. The summed E-state index contributed by atoms with van der Waals surface area (Å²) in [4.78, 5) is 0. The van der Waals surface area contributed by atoms with Crippen LogP contribution >= 0.6 is 15.9 Å². The van der Waals surface area contributed by atoms with Gasteiger partial charge in [0.05, 0.1) is 12.6 Å². The third-order valence-corrected chi connectivity index (χ3v) is 4.83. The van der Waals surface area contributed by atoms with Crippen molar-refractivity contribution in [1.82, 2.24) is 5.32 Å². The zero-order valence-electron chi connectivity index (χ0n) is 11.9. The van der Waals surface area contributed by atoms with Crippen molar-refractivity contribution in [1.29, 1.82) is 0 Å². The Kier molecular flexibility index (Phi) is 4.73. The summed E-state index contributed by atoms with van der Waals surface area (Å²) in [5.41, 5.74) is 2.57. The SMILES string of the molecule is OC[C@H](NC1CC(c2ccc(Br)cc2)C1)c1ccccc1. The lowest BCUT2D eigenvalue weighted by Gasteiger charge is -2.38. The Morgan fingerprint density at radius 3 is 2.33 bits per heavy atom. The number of hydrogen-bond donors (Lipinski definition) is 2. The number of benzene rings is 2. The van der Waals surface area contributed by atoms with Crippen LogP contribution in [0.1, 0.15) is 35.9 Å². The van der Waals surface area contributed by atoms with Crippen molar-refractivity contribution in [3.8, 4) is 0 Å². The van der Waals surface area contributed by atoms with Gasteiger partial charge >= 0.3 is 0 Å². The zero-order chi connectivity index (χ0) is 14.7. The van der Waals surface area contributed by atoms with E-state index in [1.54, 1.807) is 0 Å². The van der Waals surface area contributed by atoms with Crippen LogP contribution < -0.4 is 5.32 Å². The lowest BCUT2D eigenvalue weighted by atomic mass is 9.75. The molecule has 0 spiro atoms. The second-order valence-electron chi connectivity index (χ2n) is 5.73. The number of rotatable bonds is 5. The van der Waals surface area contributed by atoms with Crippen molar-refractivity contribution in [3.05, 3.63) is 70.2 Å². The minimum Gasteiger partial charge on any atom is -0.394 e. The van der Waals surface area contributed by atoms with Gasteiger partial charge in [-0.1, -0.05) is 58.4 Å². The highest BCUT2D eigenvalue weighted by Gasteiger charge is 2.31. The van der Waals surface area contributed by atoms with Crippen molar-refractivity contribution in [3.63, 3.8) is 0 Å². The zero-order valence-corrected chi connectivity index (χ0v) is 13.5. The average Bonchev–Trinajstić information content (AvgIpc) is 2.49. The van der Waals surface area contributed by atoms with Gasteiger partial charge in [-0.3, -0.25) is 0 Å². The van der Waals surface area contributed by atoms with Gasteiger partial charge in [-0.15, -0.1) is 0 Å². The third kappa shape index (κ3) is 3.54. The van der Waals surface area contributed by atoms with E-state index >= 15 is 0 Å². The second-order valence-corrected chi connectivity index (χ2v) is 6.64. The standard InChI is InChI=1S/C18H20BrNO/c19-16-8-6-13(7-9-16)15-10-17(11-15)20-18(12-21)14-4-2-1-3-5-14/h1-9,15,17-18,20-21H,10-12H2/t15?,17?,18-/m0/s1. The van der Waals surface area contributed by atoms with Crippen LogP contribution in [0.5, 0.6) is 0 Å². The molecule has 21 heavy (non-hydrogen) atoms. The summed E-state index contributed by atoms with van der Waals surface area (Å²) >= 11 is 3.47. The predicted molar refractivity (Wildman–Crippen MR) is 89.3 cm³/mol. The van der Waals surface area contributed by atoms with Crippen LogP contribution in [0.15, 0.2) is 59.1 Å². The van der Waals surface area contributed by atoms with E-state index in [1.165, 1.54) is 5.56 Å². The summed E-state index contributed by atoms with van der Waals surface area (Å²) in [5.74, 6) is 0.644. The van der Waals surface area contributed by atoms with Crippen molar-refractivity contribution in [2.45, 2.75) is 30.8 Å². The van der Waals surface area contributed by atoms with Crippen LogP contribution in [0.25, 0.3) is 0 Å². The number of aliphatic hydroxyl groups excluding tert-OH is 1. The molecule has 3 heteroatoms. The summed E-state index contributed by atoms with van der Waals surface area (Å²) < 4.78 is 1.13. The summed E-state index contributed by atoms with van der Waals surface area (Å²) in [6.45, 7) is 0.142. The minimum atomic E-state index is 0.0436. The molecule has 1 atom stereocenters. The van der Waals surface area contributed by atoms with Crippen LogP contribution in [-0.2, 0) is 0 Å². The van der Waals surface area contributed by atoms with Gasteiger partial charge in [-0.2, -0.15) is 0 Å². The minimum absolute atomic E-state index is 0.0436. The van der Waals surface area contributed by atoms with Gasteiger partial charge < -0.3 is 10.4 Å². The molecule has 0 aromatic heterocycles. The number of nitrogens with one attached hydrogen (secondary N) is 1. The molecule has 2 N–H and O–H groups in total. The van der Waals surface area contributed by atoms with E-state index in [1.807, 2.05) is 18.2 Å². The first-order valence-electron chi connectivity index (χ1n) is 7.43. The number of aliphatic hydroxyl groups is 1. The maximum atomic E-state index is 9.59. The van der Waals surface area contributed by atoms with E-state index in [-0.39, 0.29) is 12.6 Å². The molecule has 2 nitrogen and oxygen atoms in total. The average molecular weight is 346 g/mol. The fourth-order valence-corrected chi connectivity index (χ4v) is 3.25. The van der Waals surface area contributed by atoms with E-state index in [2.05, 4.69) is 57.6 Å². The first-order chi connectivity index (χ1) is 10.3. The lowest BCUT2D eigenvalue weighted by Crippen LogP contribution is -2.43. The largest absolute Gasteiger partial charge is 0.394 e. The van der Waals surface area contributed by atoms with Gasteiger partial charge in [0.2, 0.25) is 0 Å². The molecule has 110 valence electrons. The van der Waals surface area contributed by atoms with Crippen molar-refractivity contribution in [2.24, 2.45) is 0 Å². The molecule has 1 aliphatic rings. The molecule has 0 aliphatic heterocycles. The van der Waals surface area contributed by atoms with Gasteiger partial charge in [-0.25, -0.2) is 0 Å². The van der Waals surface area contributed by atoms with Gasteiger partial charge in [0.25, 0.3) is 0 Å². The molecule has 1 saturated carbocycles. The molecule has 2 aromatic carbocycles. The molecular formula is C18H20BrNO. The molecule has 0 amide bonds. The Labute approximate surface area is 134 Å². The van der Waals surface area contributed by atoms with Crippen LogP contribution in [0.4, 0.5) is 0 Å². The molecule has 3 rings (SSSR count). The van der Waals surface area contributed by atoms with Gasteiger partial charge in [0, 0.05) is 10.5 Å². The molecule has 0 unspecified atom stereocenters. The summed E-state index contributed by atoms with van der Waals surface area (Å²) in [6, 6.07) is 19.3. The highest BCUT2D eigenvalue weighted by molar-refractivity contribution is 9.10. The normalized spacial score (nSPS) is 22.6. The highest BCUT2D eigenvalue weighted by Crippen LogP contribution is 2.38. The van der Waals surface area contributed by atoms with E-state index in [4.69, 9.17) is 0 Å². The van der Waals surface area contributed by atoms with Crippen LogP contribution in [-0.4, -0.2) is 17.8 Å². The summed E-state index contributed by atoms with van der Waals surface area (Å²) in [7, 11) is 0. The Bertz CT molecular complexity index is 564. The monoisotopic (exact) mass is 345 g/mol. The summed E-state index contributed by atoms with van der Waals surface area (Å²) in [5, 5.41) is 13.2.